The highest BCUT2D eigenvalue weighted by molar-refractivity contribution is 6.80. The van der Waals surface area contributed by atoms with Gasteiger partial charge in [-0.1, -0.05) is 67.6 Å². The molecule has 2 aromatic rings. The maximum Gasteiger partial charge on any atom is 0.362 e. The first kappa shape index (κ1) is 13.1. The predicted octanol–water partition coefficient (Wildman–Crippen LogP) is 1.79. The largest absolute Gasteiger partial charge is 0.416 e. The lowest BCUT2D eigenvalue weighted by Crippen LogP contribution is -2.45. The Morgan fingerprint density at radius 2 is 1.45 bits per heavy atom. The first-order chi connectivity index (χ1) is 9.81. The normalized spacial score (nSPS) is 20.8. The van der Waals surface area contributed by atoms with Crippen molar-refractivity contribution in [1.29, 1.82) is 0 Å². The highest BCUT2D eigenvalue weighted by Gasteiger charge is 2.50. The van der Waals surface area contributed by atoms with Crippen LogP contribution in [-0.2, 0) is 9.45 Å². The monoisotopic (exact) mass is 264 g/mol. The fourth-order valence-corrected chi connectivity index (χ4v) is 2.59. The molecule has 0 aromatic heterocycles. The molecule has 2 aromatic carbocycles. The standard InChI is InChI=1S/C17H17BO2/c1-2-15-16(19)17(15)20-18(13-9-5-3-6-10-13)14-11-7-4-8-12-14/h3-12,15,17H,2H2,1H3/t15?,17-/m1/s1. The second kappa shape index (κ2) is 5.64. The lowest BCUT2D eigenvalue weighted by molar-refractivity contribution is -0.112. The van der Waals surface area contributed by atoms with Crippen LogP contribution in [0, 0.1) is 5.92 Å². The Bertz CT molecular complexity index is 543. The van der Waals surface area contributed by atoms with Crippen LogP contribution in [0.5, 0.6) is 0 Å². The second-order valence-electron chi connectivity index (χ2n) is 5.18. The van der Waals surface area contributed by atoms with Crippen LogP contribution in [0.25, 0.3) is 0 Å². The van der Waals surface area contributed by atoms with Gasteiger partial charge in [0.25, 0.3) is 0 Å². The Hall–Kier alpha value is -1.87. The van der Waals surface area contributed by atoms with Gasteiger partial charge in [0.2, 0.25) is 0 Å². The van der Waals surface area contributed by atoms with E-state index in [1.54, 1.807) is 0 Å². The molecular formula is C17H17BO2. The van der Waals surface area contributed by atoms with Crippen molar-refractivity contribution in [3.63, 3.8) is 0 Å². The fourth-order valence-electron chi connectivity index (χ4n) is 2.59. The van der Waals surface area contributed by atoms with Crippen molar-refractivity contribution in [3.8, 4) is 0 Å². The van der Waals surface area contributed by atoms with Gasteiger partial charge in [0, 0.05) is 0 Å². The van der Waals surface area contributed by atoms with Gasteiger partial charge in [-0.25, -0.2) is 0 Å². The molecule has 1 aliphatic rings. The number of benzene rings is 2. The highest BCUT2D eigenvalue weighted by atomic mass is 16.5. The molecule has 0 spiro atoms. The third-order valence-electron chi connectivity index (χ3n) is 3.83. The molecule has 0 aliphatic heterocycles. The van der Waals surface area contributed by atoms with Gasteiger partial charge in [0.05, 0.1) is 5.92 Å². The van der Waals surface area contributed by atoms with Crippen LogP contribution >= 0.6 is 0 Å². The summed E-state index contributed by atoms with van der Waals surface area (Å²) in [5, 5.41) is 0. The van der Waals surface area contributed by atoms with Gasteiger partial charge in [-0.05, 0) is 17.3 Å². The molecule has 0 amide bonds. The molecule has 20 heavy (non-hydrogen) atoms. The van der Waals surface area contributed by atoms with Crippen molar-refractivity contribution in [3.05, 3.63) is 60.7 Å². The Morgan fingerprint density at radius 3 is 1.85 bits per heavy atom. The molecule has 3 heteroatoms. The number of hydrogen-bond acceptors (Lipinski definition) is 2. The number of carbonyl (C=O) groups excluding carboxylic acids is 1. The van der Waals surface area contributed by atoms with E-state index < -0.39 is 0 Å². The quantitative estimate of drug-likeness (QED) is 0.769. The summed E-state index contributed by atoms with van der Waals surface area (Å²) < 4.78 is 6.10. The molecule has 0 radical (unpaired) electrons. The zero-order valence-electron chi connectivity index (χ0n) is 11.5. The number of rotatable bonds is 5. The van der Waals surface area contributed by atoms with E-state index in [4.69, 9.17) is 4.65 Å². The second-order valence-corrected chi connectivity index (χ2v) is 5.18. The van der Waals surface area contributed by atoms with Gasteiger partial charge < -0.3 is 4.65 Å². The van der Waals surface area contributed by atoms with Crippen LogP contribution in [0.4, 0.5) is 0 Å². The van der Waals surface area contributed by atoms with E-state index >= 15 is 0 Å². The van der Waals surface area contributed by atoms with E-state index in [2.05, 4.69) is 0 Å². The van der Waals surface area contributed by atoms with Gasteiger partial charge in [-0.2, -0.15) is 0 Å². The average molecular weight is 264 g/mol. The number of hydrogen-bond donors (Lipinski definition) is 0. The summed E-state index contributed by atoms with van der Waals surface area (Å²) in [7, 11) is 0. The minimum atomic E-state index is -0.231. The van der Waals surface area contributed by atoms with Crippen LogP contribution in [0.3, 0.4) is 0 Å². The predicted molar refractivity (Wildman–Crippen MR) is 81.6 cm³/mol. The summed E-state index contributed by atoms with van der Waals surface area (Å²) in [4.78, 5) is 11.7. The molecule has 100 valence electrons. The van der Waals surface area contributed by atoms with E-state index in [0.717, 1.165) is 17.3 Å². The third-order valence-corrected chi connectivity index (χ3v) is 3.83. The van der Waals surface area contributed by atoms with Crippen LogP contribution in [0.2, 0.25) is 0 Å². The zero-order valence-corrected chi connectivity index (χ0v) is 11.5. The van der Waals surface area contributed by atoms with Gasteiger partial charge in [0.1, 0.15) is 6.10 Å². The van der Waals surface area contributed by atoms with Crippen molar-refractivity contribution in [2.75, 3.05) is 0 Å². The Morgan fingerprint density at radius 1 is 0.950 bits per heavy atom. The molecule has 0 heterocycles. The Kier molecular flexibility index (Phi) is 3.70. The van der Waals surface area contributed by atoms with Gasteiger partial charge in [0.15, 0.2) is 5.78 Å². The first-order valence-corrected chi connectivity index (χ1v) is 7.10. The van der Waals surface area contributed by atoms with Crippen molar-refractivity contribution in [2.24, 2.45) is 5.92 Å². The molecule has 2 atom stereocenters. The lowest BCUT2D eigenvalue weighted by atomic mass is 9.55. The number of Topliss-reactive ketones (excluding diaryl/α,β-unsaturated/α-hetero) is 1. The van der Waals surface area contributed by atoms with Crippen molar-refractivity contribution < 1.29 is 9.45 Å². The average Bonchev–Trinajstić information content (AvgIpc) is 3.15. The van der Waals surface area contributed by atoms with Crippen molar-refractivity contribution in [2.45, 2.75) is 19.4 Å². The highest BCUT2D eigenvalue weighted by Crippen LogP contribution is 2.32. The molecule has 0 bridgehead atoms. The Balaban J connectivity index is 1.87. The minimum Gasteiger partial charge on any atom is -0.416 e. The Labute approximate surface area is 119 Å². The van der Waals surface area contributed by atoms with E-state index in [0.29, 0.717) is 0 Å². The molecule has 0 saturated heterocycles. The number of carbonyl (C=O) groups is 1. The molecule has 1 fully saturated rings. The van der Waals surface area contributed by atoms with E-state index in [9.17, 15) is 4.79 Å². The van der Waals surface area contributed by atoms with Crippen molar-refractivity contribution >= 4 is 23.6 Å². The van der Waals surface area contributed by atoms with Crippen LogP contribution < -0.4 is 10.9 Å². The molecule has 1 saturated carbocycles. The topological polar surface area (TPSA) is 26.3 Å². The molecular weight excluding hydrogens is 247 g/mol. The zero-order chi connectivity index (χ0) is 13.9. The van der Waals surface area contributed by atoms with Gasteiger partial charge >= 0.3 is 6.92 Å². The summed E-state index contributed by atoms with van der Waals surface area (Å²) in [5.41, 5.74) is 2.18. The summed E-state index contributed by atoms with van der Waals surface area (Å²) in [5.74, 6) is 0.328. The van der Waals surface area contributed by atoms with E-state index in [1.807, 2.05) is 67.6 Å². The molecule has 1 aliphatic carbocycles. The minimum absolute atomic E-state index is 0.0879. The maximum atomic E-state index is 11.7. The van der Waals surface area contributed by atoms with Crippen LogP contribution in [0.15, 0.2) is 60.7 Å². The summed E-state index contributed by atoms with van der Waals surface area (Å²) >= 11 is 0. The van der Waals surface area contributed by atoms with Crippen molar-refractivity contribution in [1.82, 2.24) is 0 Å². The fraction of sp³-hybridized carbons (Fsp3) is 0.235. The first-order valence-electron chi connectivity index (χ1n) is 7.10. The smallest absolute Gasteiger partial charge is 0.362 e. The molecule has 3 rings (SSSR count). The summed E-state index contributed by atoms with van der Waals surface area (Å²) in [6.07, 6.45) is 0.630. The lowest BCUT2D eigenvalue weighted by Gasteiger charge is -2.14. The maximum absolute atomic E-state index is 11.7. The third kappa shape index (κ3) is 2.54. The summed E-state index contributed by atoms with van der Waals surface area (Å²) in [6.45, 7) is 1.87. The molecule has 0 N–H and O–H groups in total. The van der Waals surface area contributed by atoms with Crippen LogP contribution in [-0.4, -0.2) is 18.8 Å². The van der Waals surface area contributed by atoms with Gasteiger partial charge in [-0.3, -0.25) is 4.79 Å². The summed E-state index contributed by atoms with van der Waals surface area (Å²) in [6, 6.07) is 20.2. The SMILES string of the molecule is CCC1C(=O)[C@@H]1OB(c1ccccc1)c1ccccc1. The molecule has 1 unspecified atom stereocenters. The van der Waals surface area contributed by atoms with E-state index in [1.165, 1.54) is 0 Å². The van der Waals surface area contributed by atoms with Crippen LogP contribution in [0.1, 0.15) is 13.3 Å². The van der Waals surface area contributed by atoms with Gasteiger partial charge in [-0.15, -0.1) is 0 Å². The number of ketones is 1. The van der Waals surface area contributed by atoms with E-state index in [-0.39, 0.29) is 24.7 Å². The molecule has 2 nitrogen and oxygen atoms in total.